The molecule has 29 heavy (non-hydrogen) atoms. The zero-order valence-corrected chi connectivity index (χ0v) is 16.6. The van der Waals surface area contributed by atoms with E-state index in [-0.39, 0.29) is 16.9 Å². The van der Waals surface area contributed by atoms with Crippen LogP contribution in [0.15, 0.2) is 54.4 Å². The SMILES string of the molecule is CC[NH+](CC)CCN1C(=O)C(=O)/C(=C(/O)c2ccc(F)cc2)[C@@H]1c1cccnc1. The zero-order chi connectivity index (χ0) is 21.0. The second-order valence-corrected chi connectivity index (χ2v) is 6.99. The zero-order valence-electron chi connectivity index (χ0n) is 16.6. The van der Waals surface area contributed by atoms with Crippen LogP contribution in [-0.4, -0.2) is 52.9 Å². The number of benzene rings is 1. The second kappa shape index (κ2) is 8.96. The summed E-state index contributed by atoms with van der Waals surface area (Å²) in [6, 6.07) is 7.95. The Balaban J connectivity index is 2.06. The van der Waals surface area contributed by atoms with Gasteiger partial charge in [-0.25, -0.2) is 4.39 Å². The van der Waals surface area contributed by atoms with Crippen molar-refractivity contribution in [2.24, 2.45) is 0 Å². The fourth-order valence-corrected chi connectivity index (χ4v) is 3.64. The number of aliphatic hydroxyl groups excluding tert-OH is 1. The summed E-state index contributed by atoms with van der Waals surface area (Å²) in [7, 11) is 0. The van der Waals surface area contributed by atoms with Crippen LogP contribution in [0, 0.1) is 5.82 Å². The van der Waals surface area contributed by atoms with Gasteiger partial charge in [0.2, 0.25) is 0 Å². The van der Waals surface area contributed by atoms with Crippen LogP contribution < -0.4 is 4.90 Å². The van der Waals surface area contributed by atoms with E-state index in [0.717, 1.165) is 13.1 Å². The van der Waals surface area contributed by atoms with Crippen molar-refractivity contribution in [3.63, 3.8) is 0 Å². The Morgan fingerprint density at radius 2 is 1.86 bits per heavy atom. The largest absolute Gasteiger partial charge is 0.507 e. The molecule has 0 radical (unpaired) electrons. The van der Waals surface area contributed by atoms with Crippen molar-refractivity contribution in [3.05, 3.63) is 71.3 Å². The van der Waals surface area contributed by atoms with E-state index in [0.29, 0.717) is 18.7 Å². The fourth-order valence-electron chi connectivity index (χ4n) is 3.64. The summed E-state index contributed by atoms with van der Waals surface area (Å²) in [6.45, 7) is 7.02. The summed E-state index contributed by atoms with van der Waals surface area (Å²) >= 11 is 0. The molecule has 152 valence electrons. The molecule has 1 saturated heterocycles. The molecule has 2 aromatic rings. The number of quaternary nitrogens is 1. The first kappa shape index (κ1) is 20.7. The fraction of sp³-hybridized carbons (Fsp3) is 0.318. The monoisotopic (exact) mass is 398 g/mol. The smallest absolute Gasteiger partial charge is 0.295 e. The van der Waals surface area contributed by atoms with E-state index in [9.17, 15) is 19.1 Å². The number of likely N-dealkylation sites (tertiary alicyclic amines) is 1. The summed E-state index contributed by atoms with van der Waals surface area (Å²) in [6.07, 6.45) is 3.20. The molecule has 0 aliphatic carbocycles. The molecule has 1 aromatic heterocycles. The van der Waals surface area contributed by atoms with Crippen LogP contribution in [0.4, 0.5) is 4.39 Å². The molecule has 1 atom stereocenters. The number of halogens is 1. The molecule has 0 bridgehead atoms. The lowest BCUT2D eigenvalue weighted by molar-refractivity contribution is -0.895. The lowest BCUT2D eigenvalue weighted by Crippen LogP contribution is -3.12. The average molecular weight is 398 g/mol. The van der Waals surface area contributed by atoms with E-state index < -0.39 is 23.5 Å². The number of amides is 1. The second-order valence-electron chi connectivity index (χ2n) is 6.99. The Morgan fingerprint density at radius 3 is 2.45 bits per heavy atom. The first-order chi connectivity index (χ1) is 14.0. The minimum atomic E-state index is -0.741. The van der Waals surface area contributed by atoms with E-state index in [4.69, 9.17) is 0 Å². The number of pyridine rings is 1. The van der Waals surface area contributed by atoms with Crippen LogP contribution in [-0.2, 0) is 9.59 Å². The van der Waals surface area contributed by atoms with Gasteiger partial charge in [0.15, 0.2) is 0 Å². The first-order valence-corrected chi connectivity index (χ1v) is 9.75. The third-order valence-electron chi connectivity index (χ3n) is 5.36. The van der Waals surface area contributed by atoms with Crippen molar-refractivity contribution in [1.82, 2.24) is 9.88 Å². The minimum Gasteiger partial charge on any atom is -0.507 e. The maximum Gasteiger partial charge on any atom is 0.295 e. The number of carbonyl (C=O) groups is 2. The lowest BCUT2D eigenvalue weighted by atomic mass is 9.96. The topological polar surface area (TPSA) is 74.9 Å². The molecule has 1 aliphatic heterocycles. The van der Waals surface area contributed by atoms with Gasteiger partial charge >= 0.3 is 0 Å². The van der Waals surface area contributed by atoms with Gasteiger partial charge in [-0.2, -0.15) is 0 Å². The van der Waals surface area contributed by atoms with Crippen LogP contribution in [0.5, 0.6) is 0 Å². The van der Waals surface area contributed by atoms with Gasteiger partial charge in [0.05, 0.1) is 37.8 Å². The molecule has 2 N–H and O–H groups in total. The third-order valence-corrected chi connectivity index (χ3v) is 5.36. The maximum absolute atomic E-state index is 13.3. The molecule has 0 saturated carbocycles. The van der Waals surface area contributed by atoms with Gasteiger partial charge < -0.3 is 14.9 Å². The van der Waals surface area contributed by atoms with E-state index in [1.165, 1.54) is 34.1 Å². The Hall–Kier alpha value is -3.06. The van der Waals surface area contributed by atoms with Crippen molar-refractivity contribution >= 4 is 17.4 Å². The Kier molecular flexibility index (Phi) is 6.39. The van der Waals surface area contributed by atoms with E-state index in [1.54, 1.807) is 24.5 Å². The van der Waals surface area contributed by atoms with E-state index in [2.05, 4.69) is 18.8 Å². The highest BCUT2D eigenvalue weighted by Gasteiger charge is 2.46. The summed E-state index contributed by atoms with van der Waals surface area (Å²) in [5.74, 6) is -2.15. The predicted octanol–water partition coefficient (Wildman–Crippen LogP) is 1.57. The summed E-state index contributed by atoms with van der Waals surface area (Å²) in [5.41, 5.74) is 0.932. The molecule has 0 spiro atoms. The Morgan fingerprint density at radius 1 is 1.17 bits per heavy atom. The molecule has 7 heteroatoms. The lowest BCUT2D eigenvalue weighted by Gasteiger charge is -2.26. The number of Topliss-reactive ketones (excluding diaryl/α,β-unsaturated/α-hetero) is 1. The van der Waals surface area contributed by atoms with Gasteiger partial charge in [-0.1, -0.05) is 6.07 Å². The molecule has 3 rings (SSSR count). The summed E-state index contributed by atoms with van der Waals surface area (Å²) in [4.78, 5) is 32.6. The standard InChI is InChI=1S/C22H24FN3O3/c1-3-25(4-2)12-13-26-19(16-6-5-11-24-14-16)18(21(28)22(26)29)20(27)15-7-9-17(23)10-8-15/h5-11,14,19,27H,3-4,12-13H2,1-2H3/p+1/b20-18+/t19-/m0/s1. The van der Waals surface area contributed by atoms with Crippen LogP contribution >= 0.6 is 0 Å². The van der Waals surface area contributed by atoms with Crippen LogP contribution in [0.25, 0.3) is 5.76 Å². The van der Waals surface area contributed by atoms with Crippen molar-refractivity contribution in [2.75, 3.05) is 26.2 Å². The molecule has 0 unspecified atom stereocenters. The molecule has 6 nitrogen and oxygen atoms in total. The van der Waals surface area contributed by atoms with Gasteiger partial charge in [-0.15, -0.1) is 0 Å². The number of ketones is 1. The summed E-state index contributed by atoms with van der Waals surface area (Å²) in [5, 5.41) is 10.9. The Labute approximate surface area is 169 Å². The van der Waals surface area contributed by atoms with Crippen molar-refractivity contribution in [1.29, 1.82) is 0 Å². The molecule has 1 aliphatic rings. The van der Waals surface area contributed by atoms with E-state index in [1.807, 2.05) is 0 Å². The number of aromatic nitrogens is 1. The van der Waals surface area contributed by atoms with Crippen molar-refractivity contribution in [2.45, 2.75) is 19.9 Å². The van der Waals surface area contributed by atoms with Crippen LogP contribution in [0.1, 0.15) is 31.0 Å². The Bertz CT molecular complexity index is 909. The number of nitrogens with one attached hydrogen (secondary N) is 1. The number of rotatable bonds is 7. The van der Waals surface area contributed by atoms with Crippen molar-refractivity contribution in [3.8, 4) is 0 Å². The van der Waals surface area contributed by atoms with Gasteiger partial charge in [0.1, 0.15) is 11.6 Å². The number of hydrogen-bond acceptors (Lipinski definition) is 4. The number of likely N-dealkylation sites (N-methyl/N-ethyl adjacent to an activating group) is 1. The van der Waals surface area contributed by atoms with Crippen LogP contribution in [0.3, 0.4) is 0 Å². The highest BCUT2D eigenvalue weighted by atomic mass is 19.1. The van der Waals surface area contributed by atoms with Gasteiger partial charge in [-0.05, 0) is 49.7 Å². The van der Waals surface area contributed by atoms with E-state index >= 15 is 0 Å². The predicted molar refractivity (Wildman–Crippen MR) is 107 cm³/mol. The summed E-state index contributed by atoms with van der Waals surface area (Å²) < 4.78 is 13.3. The number of nitrogens with zero attached hydrogens (tertiary/aromatic N) is 2. The normalized spacial score (nSPS) is 18.6. The quantitative estimate of drug-likeness (QED) is 0.422. The molecule has 1 aromatic carbocycles. The molecule has 2 heterocycles. The molecular weight excluding hydrogens is 373 g/mol. The average Bonchev–Trinajstić information content (AvgIpc) is 3.00. The van der Waals surface area contributed by atoms with Gasteiger partial charge in [0, 0.05) is 18.0 Å². The molecular formula is C22H25FN3O3+. The van der Waals surface area contributed by atoms with Crippen molar-refractivity contribution < 1.29 is 24.0 Å². The number of hydrogen-bond donors (Lipinski definition) is 2. The highest BCUT2D eigenvalue weighted by molar-refractivity contribution is 6.46. The molecule has 1 fully saturated rings. The number of aliphatic hydroxyl groups is 1. The van der Waals surface area contributed by atoms with Gasteiger partial charge in [-0.3, -0.25) is 14.6 Å². The minimum absolute atomic E-state index is 0.00385. The maximum atomic E-state index is 13.3. The first-order valence-electron chi connectivity index (χ1n) is 9.75. The highest BCUT2D eigenvalue weighted by Crippen LogP contribution is 2.38. The van der Waals surface area contributed by atoms with Crippen LogP contribution in [0.2, 0.25) is 0 Å². The van der Waals surface area contributed by atoms with Gasteiger partial charge in [0.25, 0.3) is 11.7 Å². The number of carbonyl (C=O) groups excluding carboxylic acids is 2. The molecule has 1 amide bonds. The third kappa shape index (κ3) is 4.19.